The van der Waals surface area contributed by atoms with E-state index in [4.69, 9.17) is 33.2 Å². The van der Waals surface area contributed by atoms with Crippen LogP contribution < -0.4 is 0 Å². The van der Waals surface area contributed by atoms with Gasteiger partial charge in [-0.05, 0) is 70.6 Å². The third-order valence-corrected chi connectivity index (χ3v) is 14.8. The molecule has 3 N–H and O–H groups in total. The zero-order chi connectivity index (χ0) is 41.2. The van der Waals surface area contributed by atoms with Gasteiger partial charge in [-0.1, -0.05) is 74.1 Å². The Labute approximate surface area is 336 Å². The number of carbonyl (C=O) groups is 2. The Hall–Kier alpha value is -1.38. The van der Waals surface area contributed by atoms with Crippen LogP contribution >= 0.6 is 0 Å². The van der Waals surface area contributed by atoms with Gasteiger partial charge in [0.1, 0.15) is 6.10 Å². The second-order valence-electron chi connectivity index (χ2n) is 18.9. The van der Waals surface area contributed by atoms with Crippen molar-refractivity contribution in [2.75, 3.05) is 13.7 Å². The minimum absolute atomic E-state index is 0.162. The number of rotatable bonds is 17. The number of carbonyl (C=O) groups excluding carboxylic acids is 1. The molecule has 0 amide bonds. The van der Waals surface area contributed by atoms with E-state index in [2.05, 4.69) is 34.6 Å². The molecule has 56 heavy (non-hydrogen) atoms. The lowest BCUT2D eigenvalue weighted by Gasteiger charge is -2.49. The van der Waals surface area contributed by atoms with Gasteiger partial charge in [-0.3, -0.25) is 9.59 Å². The number of carboxylic acid groups (broad SMARTS) is 1. The Morgan fingerprint density at radius 1 is 0.929 bits per heavy atom. The van der Waals surface area contributed by atoms with Gasteiger partial charge >= 0.3 is 11.9 Å². The molecule has 0 unspecified atom stereocenters. The van der Waals surface area contributed by atoms with Crippen molar-refractivity contribution in [3.05, 3.63) is 0 Å². The van der Waals surface area contributed by atoms with Gasteiger partial charge in [0.2, 0.25) is 0 Å². The van der Waals surface area contributed by atoms with E-state index >= 15 is 0 Å². The number of esters is 1. The molecule has 1 spiro atoms. The van der Waals surface area contributed by atoms with Crippen molar-refractivity contribution in [1.29, 1.82) is 0 Å². The largest absolute Gasteiger partial charge is 0.481 e. The van der Waals surface area contributed by atoms with Crippen LogP contribution in [0.2, 0.25) is 0 Å². The normalized spacial score (nSPS) is 44.5. The average molecular weight is 797 g/mol. The number of ether oxygens (including phenoxy) is 7. The first-order valence-corrected chi connectivity index (χ1v) is 22.1. The second kappa shape index (κ2) is 18.5. The quantitative estimate of drug-likeness (QED) is 0.101. The third kappa shape index (κ3) is 9.33. The van der Waals surface area contributed by atoms with Crippen LogP contribution in [0.3, 0.4) is 0 Å². The molecule has 5 aliphatic rings. The predicted molar refractivity (Wildman–Crippen MR) is 210 cm³/mol. The number of unbranched alkanes of at least 4 members (excludes halogenated alkanes) is 4. The fourth-order valence-electron chi connectivity index (χ4n) is 11.1. The number of hydrogen-bond acceptors (Lipinski definition) is 11. The Balaban J connectivity index is 1.32. The van der Waals surface area contributed by atoms with E-state index in [9.17, 15) is 24.9 Å². The molecule has 5 rings (SSSR count). The van der Waals surface area contributed by atoms with Crippen molar-refractivity contribution in [2.45, 2.75) is 218 Å². The molecule has 0 aromatic carbocycles. The number of hydrogen-bond donors (Lipinski definition) is 3. The molecule has 5 heterocycles. The highest BCUT2D eigenvalue weighted by atomic mass is 16.7. The minimum Gasteiger partial charge on any atom is -0.481 e. The van der Waals surface area contributed by atoms with E-state index < -0.39 is 59.6 Å². The zero-order valence-electron chi connectivity index (χ0n) is 36.1. The predicted octanol–water partition coefficient (Wildman–Crippen LogP) is 7.18. The summed E-state index contributed by atoms with van der Waals surface area (Å²) in [4.78, 5) is 25.4. The first-order valence-electron chi connectivity index (χ1n) is 22.1. The van der Waals surface area contributed by atoms with Gasteiger partial charge in [0, 0.05) is 44.1 Å². The van der Waals surface area contributed by atoms with Gasteiger partial charge in [-0.15, -0.1) is 0 Å². The number of aliphatic hydroxyl groups excluding tert-OH is 1. The first-order chi connectivity index (χ1) is 26.4. The molecular formula is C44H76O12. The van der Waals surface area contributed by atoms with E-state index in [1.165, 1.54) is 7.11 Å². The first kappa shape index (κ1) is 45.7. The summed E-state index contributed by atoms with van der Waals surface area (Å²) in [5.74, 6) is -4.94. The van der Waals surface area contributed by atoms with E-state index in [1.807, 2.05) is 20.8 Å². The Bertz CT molecular complexity index is 1310. The van der Waals surface area contributed by atoms with E-state index in [1.54, 1.807) is 6.92 Å². The third-order valence-electron chi connectivity index (χ3n) is 14.8. The van der Waals surface area contributed by atoms with Crippen LogP contribution in [0.15, 0.2) is 0 Å². The molecule has 12 heteroatoms. The molecule has 0 saturated carbocycles. The van der Waals surface area contributed by atoms with E-state index in [0.29, 0.717) is 25.7 Å². The number of aliphatic carboxylic acids is 1. The standard InChI is InChI=1S/C44H76O12/c1-11-13-14-15-16-17-35(46)51-33-24-43(54-38(29(33)6)30(7)37(50-10)31(8)40(47)48)21-20-41(9,56-43)34-18-19-42(12-2,53-34)39-27(4)23-32(52-39)36-26(3)22-28(5)44(49,25-45)55-36/h26-34,36-39,45,49H,11-25H2,1-10H3,(H,47,48)/t26-,27-,28+,29+,30-,31-,32+,33-,34+,36-,37+,38-,39+,41-,42-,43+,44-/m0/s1. The lowest BCUT2D eigenvalue weighted by molar-refractivity contribution is -0.337. The molecule has 5 fully saturated rings. The fraction of sp³-hybridized carbons (Fsp3) is 0.955. The molecule has 0 aliphatic carbocycles. The van der Waals surface area contributed by atoms with Crippen molar-refractivity contribution in [2.24, 2.45) is 35.5 Å². The van der Waals surface area contributed by atoms with Crippen LogP contribution in [0.4, 0.5) is 0 Å². The summed E-state index contributed by atoms with van der Waals surface area (Å²) in [5, 5.41) is 31.0. The van der Waals surface area contributed by atoms with Gasteiger partial charge in [0.25, 0.3) is 0 Å². The SMILES string of the molecule is CCCCCCCC(=O)O[C@H]1C[C@]2(CC[C@@](C)([C@H]3CC[C@@](CC)([C@@H]4O[C@@H]([C@H]5O[C@@](O)(CO)[C@H](C)C[C@@H]5C)C[C@@H]4C)O3)O2)O[C@H]([C@@H](C)[C@@H](OC)[C@H](C)C(=O)O)[C@@H]1C. The average Bonchev–Trinajstić information content (AvgIpc) is 3.87. The molecule has 0 radical (unpaired) electrons. The second-order valence-corrected chi connectivity index (χ2v) is 18.9. The lowest BCUT2D eigenvalue weighted by Crippen LogP contribution is -2.57. The number of aliphatic hydroxyl groups is 2. The van der Waals surface area contributed by atoms with Gasteiger partial charge < -0.3 is 48.5 Å². The summed E-state index contributed by atoms with van der Waals surface area (Å²) >= 11 is 0. The van der Waals surface area contributed by atoms with E-state index in [0.717, 1.165) is 64.2 Å². The van der Waals surface area contributed by atoms with E-state index in [-0.39, 0.29) is 60.0 Å². The fourth-order valence-corrected chi connectivity index (χ4v) is 11.1. The molecule has 0 aromatic rings. The van der Waals surface area contributed by atoms with Crippen LogP contribution in [-0.2, 0) is 42.7 Å². The molecular weight excluding hydrogens is 720 g/mol. The topological polar surface area (TPSA) is 159 Å². The molecule has 324 valence electrons. The van der Waals surface area contributed by atoms with Crippen LogP contribution in [0.25, 0.3) is 0 Å². The van der Waals surface area contributed by atoms with Crippen LogP contribution in [0.1, 0.15) is 152 Å². The summed E-state index contributed by atoms with van der Waals surface area (Å²) in [5.41, 5.74) is -1.23. The molecule has 12 nitrogen and oxygen atoms in total. The Kier molecular flexibility index (Phi) is 15.1. The highest BCUT2D eigenvalue weighted by Crippen LogP contribution is 2.55. The summed E-state index contributed by atoms with van der Waals surface area (Å²) in [6.45, 7) is 17.9. The van der Waals surface area contributed by atoms with Gasteiger partial charge in [-0.25, -0.2) is 0 Å². The summed E-state index contributed by atoms with van der Waals surface area (Å²) in [6, 6.07) is 0. The molecule has 17 atom stereocenters. The summed E-state index contributed by atoms with van der Waals surface area (Å²) < 4.78 is 46.5. The lowest BCUT2D eigenvalue weighted by atomic mass is 9.78. The maximum Gasteiger partial charge on any atom is 0.308 e. The summed E-state index contributed by atoms with van der Waals surface area (Å²) in [7, 11) is 1.54. The maximum atomic E-state index is 13.3. The number of methoxy groups -OCH3 is 1. The van der Waals surface area contributed by atoms with Crippen molar-refractivity contribution < 1.29 is 58.1 Å². The van der Waals surface area contributed by atoms with Gasteiger partial charge in [0.15, 0.2) is 11.6 Å². The molecule has 0 aromatic heterocycles. The van der Waals surface area contributed by atoms with Crippen LogP contribution in [0.5, 0.6) is 0 Å². The van der Waals surface area contributed by atoms with Crippen LogP contribution in [0, 0.1) is 35.5 Å². The Morgan fingerprint density at radius 3 is 2.29 bits per heavy atom. The smallest absolute Gasteiger partial charge is 0.308 e. The van der Waals surface area contributed by atoms with Crippen molar-refractivity contribution in [1.82, 2.24) is 0 Å². The highest BCUT2D eigenvalue weighted by molar-refractivity contribution is 5.70. The van der Waals surface area contributed by atoms with Gasteiger partial charge in [-0.2, -0.15) is 0 Å². The maximum absolute atomic E-state index is 13.3. The molecule has 5 saturated heterocycles. The van der Waals surface area contributed by atoms with Gasteiger partial charge in [0.05, 0.1) is 60.4 Å². The molecule has 0 bridgehead atoms. The minimum atomic E-state index is -1.58. The van der Waals surface area contributed by atoms with Crippen molar-refractivity contribution in [3.63, 3.8) is 0 Å². The zero-order valence-corrected chi connectivity index (χ0v) is 36.1. The Morgan fingerprint density at radius 2 is 1.64 bits per heavy atom. The summed E-state index contributed by atoms with van der Waals surface area (Å²) in [6.07, 6.45) is 8.48. The number of carboxylic acids is 1. The van der Waals surface area contributed by atoms with Crippen molar-refractivity contribution in [3.8, 4) is 0 Å². The van der Waals surface area contributed by atoms with Crippen LogP contribution in [-0.4, -0.2) is 106 Å². The van der Waals surface area contributed by atoms with Crippen molar-refractivity contribution >= 4 is 11.9 Å². The highest BCUT2D eigenvalue weighted by Gasteiger charge is 2.62. The monoisotopic (exact) mass is 797 g/mol. The molecule has 5 aliphatic heterocycles.